The van der Waals surface area contributed by atoms with Crippen molar-refractivity contribution in [2.24, 2.45) is 5.92 Å². The third kappa shape index (κ3) is 2.90. The van der Waals surface area contributed by atoms with Crippen molar-refractivity contribution in [2.45, 2.75) is 12.6 Å². The Kier molecular flexibility index (Phi) is 3.87. The van der Waals surface area contributed by atoms with E-state index < -0.39 is 34.6 Å². The quantitative estimate of drug-likeness (QED) is 0.687. The normalized spacial score (nSPS) is 17.7. The van der Waals surface area contributed by atoms with E-state index in [0.717, 1.165) is 6.07 Å². The highest BCUT2D eigenvalue weighted by Crippen LogP contribution is 2.35. The van der Waals surface area contributed by atoms with E-state index in [0.29, 0.717) is 25.2 Å². The Labute approximate surface area is 150 Å². The van der Waals surface area contributed by atoms with Gasteiger partial charge in [-0.1, -0.05) is 6.07 Å². The van der Waals surface area contributed by atoms with E-state index in [1.807, 2.05) is 4.90 Å². The lowest BCUT2D eigenvalue weighted by atomic mass is 10.1. The molecule has 0 bridgehead atoms. The molecule has 27 heavy (non-hydrogen) atoms. The number of anilines is 1. The third-order valence-corrected chi connectivity index (χ3v) is 4.89. The number of nitrogens with zero attached hydrogens (tertiary/aromatic N) is 1. The van der Waals surface area contributed by atoms with E-state index in [1.165, 1.54) is 24.3 Å². The van der Waals surface area contributed by atoms with Crippen LogP contribution >= 0.6 is 0 Å². The van der Waals surface area contributed by atoms with Crippen LogP contribution in [-0.4, -0.2) is 24.2 Å². The van der Waals surface area contributed by atoms with Crippen LogP contribution in [0.15, 0.2) is 45.6 Å². The molecule has 4 rings (SSSR count). The summed E-state index contributed by atoms with van der Waals surface area (Å²) < 4.78 is 45.3. The maximum Gasteiger partial charge on any atom is 0.420 e. The molecule has 1 fully saturated rings. The van der Waals surface area contributed by atoms with E-state index in [4.69, 9.17) is 9.52 Å². The number of benzene rings is 2. The summed E-state index contributed by atoms with van der Waals surface area (Å²) in [6, 6.07) is 8.01. The summed E-state index contributed by atoms with van der Waals surface area (Å²) in [5.74, 6) is -1.38. The minimum Gasteiger partial charge on any atom is -0.481 e. The van der Waals surface area contributed by atoms with Crippen molar-refractivity contribution in [3.05, 3.63) is 52.2 Å². The van der Waals surface area contributed by atoms with Gasteiger partial charge in [0.05, 0.1) is 22.3 Å². The first-order valence-electron chi connectivity index (χ1n) is 8.30. The average molecular weight is 377 g/mol. The van der Waals surface area contributed by atoms with Crippen molar-refractivity contribution in [3.8, 4) is 0 Å². The summed E-state index contributed by atoms with van der Waals surface area (Å²) in [5, 5.41) is 9.17. The van der Waals surface area contributed by atoms with Crippen molar-refractivity contribution in [3.63, 3.8) is 0 Å². The minimum atomic E-state index is -4.65. The van der Waals surface area contributed by atoms with Crippen molar-refractivity contribution in [1.29, 1.82) is 0 Å². The molecule has 2 aromatic carbocycles. The highest BCUT2D eigenvalue weighted by atomic mass is 19.4. The number of para-hydroxylation sites is 1. The molecule has 0 spiro atoms. The number of carboxylic acids is 1. The molecule has 2 heterocycles. The number of hydrogen-bond donors (Lipinski definition) is 1. The van der Waals surface area contributed by atoms with Gasteiger partial charge in [0.15, 0.2) is 5.58 Å². The molecule has 1 saturated heterocycles. The van der Waals surface area contributed by atoms with E-state index >= 15 is 0 Å². The first kappa shape index (κ1) is 17.4. The molecule has 1 N–H and O–H groups in total. The van der Waals surface area contributed by atoms with Crippen molar-refractivity contribution in [2.75, 3.05) is 18.0 Å². The Hall–Kier alpha value is -3.03. The molecule has 1 atom stereocenters. The lowest BCUT2D eigenvalue weighted by Gasteiger charge is -2.18. The fourth-order valence-corrected chi connectivity index (χ4v) is 3.48. The van der Waals surface area contributed by atoms with Gasteiger partial charge in [-0.2, -0.15) is 13.2 Å². The minimum absolute atomic E-state index is 0.0421. The smallest absolute Gasteiger partial charge is 0.420 e. The summed E-state index contributed by atoms with van der Waals surface area (Å²) >= 11 is 0. The molecule has 1 aromatic heterocycles. The number of hydrogen-bond acceptors (Lipinski definition) is 4. The van der Waals surface area contributed by atoms with E-state index in [1.54, 1.807) is 6.07 Å². The zero-order valence-electron chi connectivity index (χ0n) is 13.9. The fourth-order valence-electron chi connectivity index (χ4n) is 3.48. The lowest BCUT2D eigenvalue weighted by molar-refractivity contribution is -0.141. The molecule has 1 aliphatic heterocycles. The second kappa shape index (κ2) is 6.00. The number of rotatable bonds is 2. The summed E-state index contributed by atoms with van der Waals surface area (Å²) in [6.45, 7) is 0.806. The van der Waals surface area contributed by atoms with Gasteiger partial charge in [0.1, 0.15) is 5.58 Å². The van der Waals surface area contributed by atoms with Gasteiger partial charge in [-0.05, 0) is 30.7 Å². The van der Waals surface area contributed by atoms with Gasteiger partial charge in [-0.15, -0.1) is 0 Å². The maximum absolute atomic E-state index is 13.3. The summed E-state index contributed by atoms with van der Waals surface area (Å²) in [7, 11) is 0. The van der Waals surface area contributed by atoms with Gasteiger partial charge >= 0.3 is 12.1 Å². The molecule has 5 nitrogen and oxygen atoms in total. The Bertz CT molecular complexity index is 1120. The third-order valence-electron chi connectivity index (χ3n) is 4.89. The second-order valence-corrected chi connectivity index (χ2v) is 6.56. The number of alkyl halides is 3. The standard InChI is InChI=1S/C19H14F3NO4/c20-19(21,22)14-3-1-2-13-16(24)12-5-4-11(8-15(12)27-17(13)14)23-7-6-10(9-23)18(25)26/h1-5,8,10H,6-7,9H2,(H,25,26). The highest BCUT2D eigenvalue weighted by molar-refractivity contribution is 5.92. The molecular formula is C19H14F3NO4. The van der Waals surface area contributed by atoms with Crippen molar-refractivity contribution < 1.29 is 27.5 Å². The summed E-state index contributed by atoms with van der Waals surface area (Å²) in [5.41, 5.74) is -1.38. The fraction of sp³-hybridized carbons (Fsp3) is 0.263. The monoisotopic (exact) mass is 377 g/mol. The lowest BCUT2D eigenvalue weighted by Crippen LogP contribution is -2.22. The molecule has 0 saturated carbocycles. The van der Waals surface area contributed by atoms with Crippen molar-refractivity contribution >= 4 is 33.6 Å². The van der Waals surface area contributed by atoms with Crippen LogP contribution in [-0.2, 0) is 11.0 Å². The number of aliphatic carboxylic acids is 1. The molecule has 8 heteroatoms. The van der Waals surface area contributed by atoms with Crippen LogP contribution in [0.25, 0.3) is 21.9 Å². The van der Waals surface area contributed by atoms with Crippen LogP contribution in [0.3, 0.4) is 0 Å². The highest BCUT2D eigenvalue weighted by Gasteiger charge is 2.34. The predicted molar refractivity (Wildman–Crippen MR) is 92.9 cm³/mol. The van der Waals surface area contributed by atoms with Crippen LogP contribution in [0.5, 0.6) is 0 Å². The number of fused-ring (bicyclic) bond motifs is 2. The second-order valence-electron chi connectivity index (χ2n) is 6.56. The zero-order valence-corrected chi connectivity index (χ0v) is 13.9. The molecule has 1 unspecified atom stereocenters. The van der Waals surface area contributed by atoms with E-state index in [-0.39, 0.29) is 16.4 Å². The molecule has 0 radical (unpaired) electrons. The molecule has 3 aromatic rings. The molecule has 140 valence electrons. The summed E-state index contributed by atoms with van der Waals surface area (Å²) in [4.78, 5) is 25.6. The van der Waals surface area contributed by atoms with Crippen LogP contribution < -0.4 is 10.3 Å². The topological polar surface area (TPSA) is 70.8 Å². The van der Waals surface area contributed by atoms with Gasteiger partial charge < -0.3 is 14.4 Å². The van der Waals surface area contributed by atoms with E-state index in [9.17, 15) is 22.8 Å². The first-order chi connectivity index (χ1) is 12.8. The van der Waals surface area contributed by atoms with Gasteiger partial charge in [-0.3, -0.25) is 9.59 Å². The van der Waals surface area contributed by atoms with Gasteiger partial charge in [0, 0.05) is 24.8 Å². The molecule has 1 aliphatic rings. The summed E-state index contributed by atoms with van der Waals surface area (Å²) in [6.07, 6.45) is -4.17. The van der Waals surface area contributed by atoms with Gasteiger partial charge in [0.2, 0.25) is 5.43 Å². The van der Waals surface area contributed by atoms with Crippen molar-refractivity contribution in [1.82, 2.24) is 0 Å². The van der Waals surface area contributed by atoms with Crippen LogP contribution in [0.1, 0.15) is 12.0 Å². The number of carbonyl (C=O) groups is 1. The SMILES string of the molecule is O=C(O)C1CCN(c2ccc3c(=O)c4cccc(C(F)(F)F)c4oc3c2)C1. The van der Waals surface area contributed by atoms with Crippen LogP contribution in [0, 0.1) is 5.92 Å². The number of carboxylic acid groups (broad SMARTS) is 1. The van der Waals surface area contributed by atoms with Crippen LogP contribution in [0.2, 0.25) is 0 Å². The Balaban J connectivity index is 1.87. The molecule has 0 aliphatic carbocycles. The zero-order chi connectivity index (χ0) is 19.3. The van der Waals surface area contributed by atoms with Gasteiger partial charge in [-0.25, -0.2) is 0 Å². The number of halogens is 3. The Morgan fingerprint density at radius 1 is 1.19 bits per heavy atom. The van der Waals surface area contributed by atoms with Crippen LogP contribution in [0.4, 0.5) is 18.9 Å². The Morgan fingerprint density at radius 2 is 1.96 bits per heavy atom. The predicted octanol–water partition coefficient (Wildman–Crippen LogP) is 3.88. The average Bonchev–Trinajstić information content (AvgIpc) is 3.10. The maximum atomic E-state index is 13.3. The van der Waals surface area contributed by atoms with E-state index in [2.05, 4.69) is 0 Å². The Morgan fingerprint density at radius 3 is 2.63 bits per heavy atom. The molecule has 0 amide bonds. The molecular weight excluding hydrogens is 363 g/mol. The first-order valence-corrected chi connectivity index (χ1v) is 8.30. The van der Waals surface area contributed by atoms with Gasteiger partial charge in [0.25, 0.3) is 0 Å². The largest absolute Gasteiger partial charge is 0.481 e.